The molecule has 1 aliphatic rings. The molecule has 0 bridgehead atoms. The zero-order valence-electron chi connectivity index (χ0n) is 9.17. The first-order valence-corrected chi connectivity index (χ1v) is 5.25. The summed E-state index contributed by atoms with van der Waals surface area (Å²) in [6.07, 6.45) is 4.47. The predicted octanol–water partition coefficient (Wildman–Crippen LogP) is 2.84. The van der Waals surface area contributed by atoms with Crippen LogP contribution in [0, 0.1) is 0 Å². The highest BCUT2D eigenvalue weighted by atomic mass is 14.8. The smallest absolute Gasteiger partial charge is 0.0688 e. The summed E-state index contributed by atoms with van der Waals surface area (Å²) in [5.74, 6) is 0.707. The maximum absolute atomic E-state index is 6.15. The summed E-state index contributed by atoms with van der Waals surface area (Å²) in [5, 5.41) is 0. The highest BCUT2D eigenvalue weighted by Crippen LogP contribution is 2.44. The molecule has 1 saturated carbocycles. The Labute approximate surface area is 85.5 Å². The van der Waals surface area contributed by atoms with Crippen LogP contribution in [-0.4, -0.2) is 4.98 Å². The van der Waals surface area contributed by atoms with E-state index in [1.165, 1.54) is 18.4 Å². The van der Waals surface area contributed by atoms with Crippen LogP contribution in [-0.2, 0) is 5.41 Å². The summed E-state index contributed by atoms with van der Waals surface area (Å²) in [6, 6.07) is 2.07. The van der Waals surface area contributed by atoms with Crippen LogP contribution < -0.4 is 5.73 Å². The van der Waals surface area contributed by atoms with E-state index >= 15 is 0 Å². The van der Waals surface area contributed by atoms with Crippen molar-refractivity contribution in [3.63, 3.8) is 0 Å². The van der Waals surface area contributed by atoms with Gasteiger partial charge in [-0.25, -0.2) is 0 Å². The third-order valence-electron chi connectivity index (χ3n) is 2.75. The van der Waals surface area contributed by atoms with Crippen LogP contribution in [0.4, 0.5) is 5.69 Å². The SMILES string of the molecule is CC(C)(C)c1nccc(C2CC2)c1N. The molecular formula is C12H18N2. The molecule has 0 aromatic carbocycles. The number of rotatable bonds is 1. The molecule has 76 valence electrons. The van der Waals surface area contributed by atoms with Crippen molar-refractivity contribution in [1.82, 2.24) is 4.98 Å². The van der Waals surface area contributed by atoms with E-state index in [4.69, 9.17) is 5.73 Å². The Bertz CT molecular complexity index is 346. The van der Waals surface area contributed by atoms with Crippen molar-refractivity contribution in [3.05, 3.63) is 23.5 Å². The number of nitrogens with two attached hydrogens (primary N) is 1. The molecule has 1 fully saturated rings. The van der Waals surface area contributed by atoms with E-state index in [9.17, 15) is 0 Å². The summed E-state index contributed by atoms with van der Waals surface area (Å²) in [5.41, 5.74) is 9.47. The van der Waals surface area contributed by atoms with Gasteiger partial charge in [0.05, 0.1) is 11.4 Å². The number of aromatic nitrogens is 1. The summed E-state index contributed by atoms with van der Waals surface area (Å²) in [7, 11) is 0. The molecule has 1 aromatic rings. The minimum absolute atomic E-state index is 0.0506. The summed E-state index contributed by atoms with van der Waals surface area (Å²) >= 11 is 0. The maximum atomic E-state index is 6.15. The largest absolute Gasteiger partial charge is 0.397 e. The van der Waals surface area contributed by atoms with Gasteiger partial charge in [-0.3, -0.25) is 4.98 Å². The summed E-state index contributed by atoms with van der Waals surface area (Å²) < 4.78 is 0. The molecule has 0 amide bonds. The topological polar surface area (TPSA) is 38.9 Å². The van der Waals surface area contributed by atoms with Crippen LogP contribution in [0.1, 0.15) is 50.8 Å². The van der Waals surface area contributed by atoms with Crippen molar-refractivity contribution in [2.45, 2.75) is 44.9 Å². The standard InChI is InChI=1S/C12H18N2/c1-12(2,3)11-10(13)9(6-7-14-11)8-4-5-8/h6-8H,4-5,13H2,1-3H3. The van der Waals surface area contributed by atoms with Crippen molar-refractivity contribution in [2.24, 2.45) is 0 Å². The maximum Gasteiger partial charge on any atom is 0.0688 e. The van der Waals surface area contributed by atoms with E-state index in [1.54, 1.807) is 0 Å². The van der Waals surface area contributed by atoms with Gasteiger partial charge in [-0.1, -0.05) is 20.8 Å². The first-order valence-electron chi connectivity index (χ1n) is 5.25. The van der Waals surface area contributed by atoms with Gasteiger partial charge >= 0.3 is 0 Å². The molecule has 0 unspecified atom stereocenters. The lowest BCUT2D eigenvalue weighted by Crippen LogP contribution is -2.17. The van der Waals surface area contributed by atoms with Crippen molar-refractivity contribution >= 4 is 5.69 Å². The van der Waals surface area contributed by atoms with Gasteiger partial charge in [-0.05, 0) is 30.4 Å². The molecule has 2 heteroatoms. The van der Waals surface area contributed by atoms with Crippen molar-refractivity contribution in [1.29, 1.82) is 0 Å². The zero-order valence-corrected chi connectivity index (χ0v) is 9.17. The lowest BCUT2D eigenvalue weighted by molar-refractivity contribution is 0.570. The molecule has 0 atom stereocenters. The Morgan fingerprint density at radius 2 is 2.00 bits per heavy atom. The van der Waals surface area contributed by atoms with Gasteiger partial charge < -0.3 is 5.73 Å². The monoisotopic (exact) mass is 190 g/mol. The third-order valence-corrected chi connectivity index (χ3v) is 2.75. The number of nitrogen functional groups attached to an aromatic ring is 1. The quantitative estimate of drug-likeness (QED) is 0.739. The molecule has 0 aliphatic heterocycles. The molecule has 2 nitrogen and oxygen atoms in total. The van der Waals surface area contributed by atoms with Crippen LogP contribution in [0.2, 0.25) is 0 Å². The fraction of sp³-hybridized carbons (Fsp3) is 0.583. The van der Waals surface area contributed by atoms with E-state index < -0.39 is 0 Å². The van der Waals surface area contributed by atoms with Gasteiger partial charge in [0.15, 0.2) is 0 Å². The van der Waals surface area contributed by atoms with E-state index in [1.807, 2.05) is 6.20 Å². The van der Waals surface area contributed by atoms with E-state index in [2.05, 4.69) is 31.8 Å². The molecule has 1 aliphatic carbocycles. The van der Waals surface area contributed by atoms with E-state index in [-0.39, 0.29) is 5.41 Å². The fourth-order valence-electron chi connectivity index (χ4n) is 1.84. The first kappa shape index (κ1) is 9.50. The number of hydrogen-bond acceptors (Lipinski definition) is 2. The molecule has 14 heavy (non-hydrogen) atoms. The molecule has 0 saturated heterocycles. The van der Waals surface area contributed by atoms with Crippen molar-refractivity contribution < 1.29 is 0 Å². The van der Waals surface area contributed by atoms with Crippen LogP contribution in [0.25, 0.3) is 0 Å². The minimum atomic E-state index is 0.0506. The Morgan fingerprint density at radius 1 is 1.36 bits per heavy atom. The molecule has 2 N–H and O–H groups in total. The number of hydrogen-bond donors (Lipinski definition) is 1. The second-order valence-corrected chi connectivity index (χ2v) is 5.19. The molecule has 1 heterocycles. The lowest BCUT2D eigenvalue weighted by Gasteiger charge is -2.21. The first-order chi connectivity index (χ1) is 6.50. The van der Waals surface area contributed by atoms with Crippen LogP contribution in [0.5, 0.6) is 0 Å². The second-order valence-electron chi connectivity index (χ2n) is 5.19. The predicted molar refractivity (Wildman–Crippen MR) is 59.3 cm³/mol. The van der Waals surface area contributed by atoms with Gasteiger partial charge in [-0.15, -0.1) is 0 Å². The second kappa shape index (κ2) is 2.97. The highest BCUT2D eigenvalue weighted by molar-refractivity contribution is 5.55. The van der Waals surface area contributed by atoms with E-state index in [0.717, 1.165) is 11.4 Å². The number of nitrogens with zero attached hydrogens (tertiary/aromatic N) is 1. The lowest BCUT2D eigenvalue weighted by atomic mass is 9.88. The fourth-order valence-corrected chi connectivity index (χ4v) is 1.84. The van der Waals surface area contributed by atoms with Crippen LogP contribution in [0.3, 0.4) is 0 Å². The average molecular weight is 190 g/mol. The molecule has 2 rings (SSSR count). The van der Waals surface area contributed by atoms with Gasteiger partial charge in [0.1, 0.15) is 0 Å². The van der Waals surface area contributed by atoms with Gasteiger partial charge in [0, 0.05) is 11.6 Å². The van der Waals surface area contributed by atoms with Gasteiger partial charge in [-0.2, -0.15) is 0 Å². The Balaban J connectivity index is 2.46. The molecule has 0 spiro atoms. The number of anilines is 1. The normalized spacial score (nSPS) is 17.1. The highest BCUT2D eigenvalue weighted by Gasteiger charge is 2.28. The van der Waals surface area contributed by atoms with Crippen molar-refractivity contribution in [2.75, 3.05) is 5.73 Å². The van der Waals surface area contributed by atoms with Crippen LogP contribution in [0.15, 0.2) is 12.3 Å². The Kier molecular flexibility index (Phi) is 2.02. The Morgan fingerprint density at radius 3 is 2.50 bits per heavy atom. The minimum Gasteiger partial charge on any atom is -0.397 e. The summed E-state index contributed by atoms with van der Waals surface area (Å²) in [4.78, 5) is 4.40. The molecular weight excluding hydrogens is 172 g/mol. The average Bonchev–Trinajstić information content (AvgIpc) is 2.85. The Hall–Kier alpha value is -1.05. The third kappa shape index (κ3) is 1.61. The van der Waals surface area contributed by atoms with Gasteiger partial charge in [0.25, 0.3) is 0 Å². The summed E-state index contributed by atoms with van der Waals surface area (Å²) in [6.45, 7) is 6.47. The number of pyridine rings is 1. The zero-order chi connectivity index (χ0) is 10.3. The van der Waals surface area contributed by atoms with Gasteiger partial charge in [0.2, 0.25) is 0 Å². The molecule has 0 radical (unpaired) electrons. The van der Waals surface area contributed by atoms with Crippen molar-refractivity contribution in [3.8, 4) is 0 Å². The van der Waals surface area contributed by atoms with Crippen LogP contribution >= 0.6 is 0 Å². The van der Waals surface area contributed by atoms with E-state index in [0.29, 0.717) is 5.92 Å². The molecule has 1 aromatic heterocycles.